The molecule has 0 aliphatic heterocycles. The van der Waals surface area contributed by atoms with Crippen molar-refractivity contribution >= 4 is 11.9 Å². The van der Waals surface area contributed by atoms with Crippen molar-refractivity contribution in [1.82, 2.24) is 9.97 Å². The second-order valence-corrected chi connectivity index (χ2v) is 4.69. The van der Waals surface area contributed by atoms with Crippen LogP contribution in [0.1, 0.15) is 33.6 Å². The van der Waals surface area contributed by atoms with Gasteiger partial charge in [-0.25, -0.2) is 4.98 Å². The number of hydrogen-bond acceptors (Lipinski definition) is 5. The van der Waals surface area contributed by atoms with Crippen LogP contribution in [0.5, 0.6) is 5.88 Å². The van der Waals surface area contributed by atoms with Crippen molar-refractivity contribution in [3.8, 4) is 5.88 Å². The molecule has 0 aromatic carbocycles. The normalized spacial score (nSPS) is 12.2. The number of hydrogen-bond donors (Lipinski definition) is 2. The van der Waals surface area contributed by atoms with Gasteiger partial charge in [-0.2, -0.15) is 4.98 Å². The number of aromatic nitrogens is 2. The first-order chi connectivity index (χ1) is 8.99. The zero-order valence-corrected chi connectivity index (χ0v) is 11.6. The Morgan fingerprint density at radius 1 is 1.47 bits per heavy atom. The number of rotatable bonds is 8. The molecule has 1 aromatic heterocycles. The standard InChI is InChI=1S/C13H21N3O3/c1-9(2)19-11-6-8-15-13(16-11)14-7-4-5-10(3)12(17)18/h6,8-10H,4-5,7H2,1-3H3,(H,17,18)(H,14,15,16). The quantitative estimate of drug-likeness (QED) is 0.702. The molecular weight excluding hydrogens is 246 g/mol. The molecule has 1 heterocycles. The lowest BCUT2D eigenvalue weighted by atomic mass is 10.1. The van der Waals surface area contributed by atoms with Gasteiger partial charge in [-0.1, -0.05) is 6.92 Å². The lowest BCUT2D eigenvalue weighted by molar-refractivity contribution is -0.141. The van der Waals surface area contributed by atoms with Crippen molar-refractivity contribution in [2.24, 2.45) is 5.92 Å². The maximum absolute atomic E-state index is 10.6. The predicted molar refractivity (Wildman–Crippen MR) is 72.3 cm³/mol. The number of carboxylic acid groups (broad SMARTS) is 1. The van der Waals surface area contributed by atoms with Gasteiger partial charge in [0.15, 0.2) is 0 Å². The van der Waals surface area contributed by atoms with E-state index in [0.717, 1.165) is 6.42 Å². The molecule has 2 N–H and O–H groups in total. The van der Waals surface area contributed by atoms with Crippen LogP contribution in [0, 0.1) is 5.92 Å². The van der Waals surface area contributed by atoms with Crippen molar-refractivity contribution in [3.05, 3.63) is 12.3 Å². The molecule has 19 heavy (non-hydrogen) atoms. The first-order valence-corrected chi connectivity index (χ1v) is 6.45. The Labute approximate surface area is 113 Å². The van der Waals surface area contributed by atoms with Gasteiger partial charge < -0.3 is 15.2 Å². The zero-order valence-electron chi connectivity index (χ0n) is 11.6. The average Bonchev–Trinajstić information content (AvgIpc) is 2.34. The van der Waals surface area contributed by atoms with Gasteiger partial charge in [0.1, 0.15) is 0 Å². The summed E-state index contributed by atoms with van der Waals surface area (Å²) < 4.78 is 5.46. The molecule has 1 rings (SSSR count). The minimum Gasteiger partial charge on any atom is -0.481 e. The lowest BCUT2D eigenvalue weighted by Crippen LogP contribution is -2.13. The molecule has 0 amide bonds. The monoisotopic (exact) mass is 267 g/mol. The zero-order chi connectivity index (χ0) is 14.3. The number of anilines is 1. The van der Waals surface area contributed by atoms with Gasteiger partial charge >= 0.3 is 5.97 Å². The summed E-state index contributed by atoms with van der Waals surface area (Å²) in [6.45, 7) is 6.21. The number of ether oxygens (including phenoxy) is 1. The molecule has 106 valence electrons. The van der Waals surface area contributed by atoms with Crippen molar-refractivity contribution < 1.29 is 14.6 Å². The van der Waals surface area contributed by atoms with E-state index in [1.54, 1.807) is 19.2 Å². The molecule has 1 aromatic rings. The van der Waals surface area contributed by atoms with E-state index in [1.165, 1.54) is 0 Å². The van der Waals surface area contributed by atoms with Crippen LogP contribution in [0.25, 0.3) is 0 Å². The number of carboxylic acids is 1. The van der Waals surface area contributed by atoms with Crippen molar-refractivity contribution in [3.63, 3.8) is 0 Å². The summed E-state index contributed by atoms with van der Waals surface area (Å²) in [7, 11) is 0. The highest BCUT2D eigenvalue weighted by molar-refractivity contribution is 5.69. The second kappa shape index (κ2) is 7.56. The molecule has 0 aliphatic carbocycles. The van der Waals surface area contributed by atoms with Crippen LogP contribution in [-0.2, 0) is 4.79 Å². The van der Waals surface area contributed by atoms with Gasteiger partial charge in [0.25, 0.3) is 0 Å². The van der Waals surface area contributed by atoms with Crippen LogP contribution in [0.2, 0.25) is 0 Å². The van der Waals surface area contributed by atoms with E-state index < -0.39 is 5.97 Å². The van der Waals surface area contributed by atoms with Gasteiger partial charge in [0.2, 0.25) is 11.8 Å². The van der Waals surface area contributed by atoms with Gasteiger partial charge in [0, 0.05) is 18.8 Å². The van der Waals surface area contributed by atoms with Crippen LogP contribution in [0.15, 0.2) is 12.3 Å². The Hall–Kier alpha value is -1.85. The molecule has 0 radical (unpaired) electrons. The van der Waals surface area contributed by atoms with Gasteiger partial charge in [-0.05, 0) is 26.7 Å². The molecule has 0 saturated carbocycles. The van der Waals surface area contributed by atoms with E-state index >= 15 is 0 Å². The van der Waals surface area contributed by atoms with E-state index in [2.05, 4.69) is 15.3 Å². The second-order valence-electron chi connectivity index (χ2n) is 4.69. The van der Waals surface area contributed by atoms with E-state index in [4.69, 9.17) is 9.84 Å². The summed E-state index contributed by atoms with van der Waals surface area (Å²) >= 11 is 0. The molecule has 0 aliphatic rings. The Morgan fingerprint density at radius 2 is 2.21 bits per heavy atom. The van der Waals surface area contributed by atoms with E-state index in [0.29, 0.717) is 24.8 Å². The van der Waals surface area contributed by atoms with Crippen LogP contribution in [0.4, 0.5) is 5.95 Å². The number of nitrogens with zero attached hydrogens (tertiary/aromatic N) is 2. The van der Waals surface area contributed by atoms with Crippen LogP contribution in [-0.4, -0.2) is 33.7 Å². The SMILES string of the molecule is CC(C)Oc1ccnc(NCCCC(C)C(=O)O)n1. The predicted octanol–water partition coefficient (Wildman–Crippen LogP) is 2.18. The minimum atomic E-state index is -0.761. The third-order valence-electron chi connectivity index (χ3n) is 2.51. The maximum atomic E-state index is 10.6. The highest BCUT2D eigenvalue weighted by atomic mass is 16.5. The van der Waals surface area contributed by atoms with Crippen LogP contribution < -0.4 is 10.1 Å². The number of carbonyl (C=O) groups is 1. The van der Waals surface area contributed by atoms with Crippen LogP contribution >= 0.6 is 0 Å². The Kier molecular flexibility index (Phi) is 6.05. The molecule has 1 atom stereocenters. The van der Waals surface area contributed by atoms with E-state index in [-0.39, 0.29) is 12.0 Å². The van der Waals surface area contributed by atoms with Crippen molar-refractivity contribution in [2.75, 3.05) is 11.9 Å². The lowest BCUT2D eigenvalue weighted by Gasteiger charge is -2.10. The van der Waals surface area contributed by atoms with Gasteiger partial charge in [0.05, 0.1) is 12.0 Å². The highest BCUT2D eigenvalue weighted by Gasteiger charge is 2.09. The molecule has 6 nitrogen and oxygen atoms in total. The number of aliphatic carboxylic acids is 1. The molecular formula is C13H21N3O3. The topological polar surface area (TPSA) is 84.3 Å². The summed E-state index contributed by atoms with van der Waals surface area (Å²) in [4.78, 5) is 18.9. The molecule has 0 saturated heterocycles. The largest absolute Gasteiger partial charge is 0.481 e. The highest BCUT2D eigenvalue weighted by Crippen LogP contribution is 2.11. The van der Waals surface area contributed by atoms with Crippen molar-refractivity contribution in [2.45, 2.75) is 39.7 Å². The number of nitrogens with one attached hydrogen (secondary N) is 1. The summed E-state index contributed by atoms with van der Waals surface area (Å²) in [5, 5.41) is 11.8. The Bertz CT molecular complexity index is 410. The maximum Gasteiger partial charge on any atom is 0.306 e. The summed E-state index contributed by atoms with van der Waals surface area (Å²) in [6.07, 6.45) is 3.09. The molecule has 6 heteroatoms. The molecule has 0 bridgehead atoms. The molecule has 1 unspecified atom stereocenters. The summed E-state index contributed by atoms with van der Waals surface area (Å²) in [5.41, 5.74) is 0. The molecule has 0 fully saturated rings. The fourth-order valence-corrected chi connectivity index (χ4v) is 1.47. The smallest absolute Gasteiger partial charge is 0.306 e. The first kappa shape index (κ1) is 15.2. The fourth-order valence-electron chi connectivity index (χ4n) is 1.47. The fraction of sp³-hybridized carbons (Fsp3) is 0.615. The third kappa shape index (κ3) is 6.03. The van der Waals surface area contributed by atoms with Crippen LogP contribution in [0.3, 0.4) is 0 Å². The van der Waals surface area contributed by atoms with Gasteiger partial charge in [-0.15, -0.1) is 0 Å². The van der Waals surface area contributed by atoms with Gasteiger partial charge in [-0.3, -0.25) is 4.79 Å². The van der Waals surface area contributed by atoms with E-state index in [1.807, 2.05) is 13.8 Å². The summed E-state index contributed by atoms with van der Waals surface area (Å²) in [5.74, 6) is -0.0468. The van der Waals surface area contributed by atoms with E-state index in [9.17, 15) is 4.79 Å². The average molecular weight is 267 g/mol. The Morgan fingerprint density at radius 3 is 2.84 bits per heavy atom. The minimum absolute atomic E-state index is 0.0687. The third-order valence-corrected chi connectivity index (χ3v) is 2.51. The Balaban J connectivity index is 2.35. The summed E-state index contributed by atoms with van der Waals surface area (Å²) in [6, 6.07) is 1.71. The molecule has 0 spiro atoms. The van der Waals surface area contributed by atoms with Crippen molar-refractivity contribution in [1.29, 1.82) is 0 Å². The first-order valence-electron chi connectivity index (χ1n) is 6.45.